The number of carbonyl (C=O) groups excluding carboxylic acids is 1. The van der Waals surface area contributed by atoms with E-state index in [9.17, 15) is 4.79 Å². The molecule has 0 spiro atoms. The highest BCUT2D eigenvalue weighted by molar-refractivity contribution is 6.03. The van der Waals surface area contributed by atoms with Gasteiger partial charge in [-0.05, 0) is 68.4 Å². The summed E-state index contributed by atoms with van der Waals surface area (Å²) in [5.41, 5.74) is 8.04. The van der Waals surface area contributed by atoms with Gasteiger partial charge in [-0.1, -0.05) is 109 Å². The van der Waals surface area contributed by atoms with E-state index in [2.05, 4.69) is 31.1 Å². The Morgan fingerprint density at radius 3 is 1.27 bits per heavy atom. The van der Waals surface area contributed by atoms with Gasteiger partial charge in [-0.3, -0.25) is 0 Å². The lowest BCUT2D eigenvalue weighted by atomic mass is 10.1. The largest absolute Gasteiger partial charge is 0.497 e. The molecule has 15 heteroatoms. The van der Waals surface area contributed by atoms with Crippen molar-refractivity contribution in [1.29, 1.82) is 0 Å². The maximum atomic E-state index is 14.6. The van der Waals surface area contributed by atoms with Gasteiger partial charge in [0.1, 0.15) is 22.9 Å². The average molecular weight is 791 g/mol. The Bertz CT molecular complexity index is 2920. The summed E-state index contributed by atoms with van der Waals surface area (Å²) in [6.45, 7) is 0.988. The third kappa shape index (κ3) is 6.58. The van der Waals surface area contributed by atoms with Crippen molar-refractivity contribution in [2.24, 2.45) is 0 Å². The third-order valence-electron chi connectivity index (χ3n) is 10.4. The summed E-state index contributed by atoms with van der Waals surface area (Å²) in [6.07, 6.45) is 0. The number of methoxy groups -OCH3 is 2. The molecule has 0 saturated carbocycles. The van der Waals surface area contributed by atoms with Gasteiger partial charge in [0.25, 0.3) is 0 Å². The van der Waals surface area contributed by atoms with Crippen molar-refractivity contribution in [3.05, 3.63) is 157 Å². The van der Waals surface area contributed by atoms with E-state index < -0.39 is 6.03 Å². The first-order valence-electron chi connectivity index (χ1n) is 19.0. The lowest BCUT2D eigenvalue weighted by molar-refractivity contribution is 0.240. The van der Waals surface area contributed by atoms with Crippen LogP contribution in [0.25, 0.3) is 67.1 Å². The summed E-state index contributed by atoms with van der Waals surface area (Å²) >= 11 is 0. The minimum Gasteiger partial charge on any atom is -0.497 e. The van der Waals surface area contributed by atoms with Crippen molar-refractivity contribution in [2.45, 2.75) is 13.1 Å². The first-order chi connectivity index (χ1) is 29.5. The molecule has 0 aliphatic carbocycles. The molecule has 10 aromatic rings. The molecular weight excluding hydrogens is 757 g/mol. The van der Waals surface area contributed by atoms with E-state index in [1.165, 1.54) is 9.36 Å². The first-order valence-corrected chi connectivity index (χ1v) is 19.0. The summed E-state index contributed by atoms with van der Waals surface area (Å²) in [5, 5.41) is 36.4. The number of aromatic nitrogens is 12. The van der Waals surface area contributed by atoms with Crippen LogP contribution in [0.5, 0.6) is 11.5 Å². The number of benzene rings is 6. The topological polar surface area (TPSA) is 158 Å². The molecule has 0 radical (unpaired) electrons. The highest BCUT2D eigenvalue weighted by atomic mass is 16.5. The van der Waals surface area contributed by atoms with Crippen molar-refractivity contribution in [3.63, 3.8) is 0 Å². The molecule has 0 aliphatic rings. The number of hydrogen-bond acceptors (Lipinski definition) is 11. The van der Waals surface area contributed by atoms with Crippen LogP contribution in [0.1, 0.15) is 11.1 Å². The van der Waals surface area contributed by atoms with Crippen LogP contribution in [-0.4, -0.2) is 80.2 Å². The molecule has 60 heavy (non-hydrogen) atoms. The molecule has 10 rings (SSSR count). The standard InChI is InChI=1S/C45H34N12O3/c1-59-35-23-11-29(12-24-35)27-54-43(46-50-52-54)33-19-15-31(16-20-33)41-37-7-3-5-9-39(37)56(48-41)45(58)57-40-10-6-4-8-38(40)42(49-57)32-17-21-34(22-18-32)44-47-51-53-55(44)28-30-13-25-36(60-2)26-14-30/h3-26H,27-28H2,1-2H3. The van der Waals surface area contributed by atoms with Crippen LogP contribution in [0.2, 0.25) is 0 Å². The molecule has 0 fully saturated rings. The number of ether oxygens (including phenoxy) is 2. The second-order valence-corrected chi connectivity index (χ2v) is 14.0. The molecular formula is C45H34N12O3. The summed E-state index contributed by atoms with van der Waals surface area (Å²) in [7, 11) is 3.28. The van der Waals surface area contributed by atoms with Crippen LogP contribution in [0.4, 0.5) is 4.79 Å². The maximum Gasteiger partial charge on any atom is 0.370 e. The van der Waals surface area contributed by atoms with E-state index in [1.54, 1.807) is 23.6 Å². The van der Waals surface area contributed by atoms with Crippen LogP contribution in [-0.2, 0) is 13.1 Å². The van der Waals surface area contributed by atoms with E-state index in [0.29, 0.717) is 47.2 Å². The van der Waals surface area contributed by atoms with E-state index in [4.69, 9.17) is 19.7 Å². The molecule has 15 nitrogen and oxygen atoms in total. The van der Waals surface area contributed by atoms with Crippen molar-refractivity contribution >= 4 is 27.8 Å². The molecule has 0 aliphatic heterocycles. The van der Waals surface area contributed by atoms with Crippen LogP contribution in [0.15, 0.2) is 146 Å². The average Bonchev–Trinajstić information content (AvgIpc) is 4.13. The predicted molar refractivity (Wildman–Crippen MR) is 224 cm³/mol. The summed E-state index contributed by atoms with van der Waals surface area (Å²) < 4.78 is 16.9. The Hall–Kier alpha value is -8.33. The molecule has 4 aromatic heterocycles. The number of para-hydroxylation sites is 2. The monoisotopic (exact) mass is 790 g/mol. The van der Waals surface area contributed by atoms with Gasteiger partial charge < -0.3 is 9.47 Å². The Balaban J connectivity index is 0.939. The van der Waals surface area contributed by atoms with Gasteiger partial charge in [0, 0.05) is 33.0 Å². The van der Waals surface area contributed by atoms with Crippen LogP contribution < -0.4 is 9.47 Å². The van der Waals surface area contributed by atoms with Crippen molar-refractivity contribution in [1.82, 2.24) is 60.0 Å². The lowest BCUT2D eigenvalue weighted by Gasteiger charge is -2.07. The quantitative estimate of drug-likeness (QED) is 0.134. The highest BCUT2D eigenvalue weighted by Gasteiger charge is 2.23. The number of carbonyl (C=O) groups is 1. The van der Waals surface area contributed by atoms with Crippen LogP contribution >= 0.6 is 0 Å². The fourth-order valence-electron chi connectivity index (χ4n) is 7.34. The van der Waals surface area contributed by atoms with Gasteiger partial charge in [-0.15, -0.1) is 10.2 Å². The smallest absolute Gasteiger partial charge is 0.370 e. The minimum atomic E-state index is -0.413. The fourth-order valence-corrected chi connectivity index (χ4v) is 7.34. The molecule has 0 N–H and O–H groups in total. The number of fused-ring (bicyclic) bond motifs is 2. The van der Waals surface area contributed by atoms with Crippen LogP contribution in [0, 0.1) is 0 Å². The molecule has 0 bridgehead atoms. The van der Waals surface area contributed by atoms with E-state index in [1.807, 2.05) is 146 Å². The number of tetrazole rings is 2. The van der Waals surface area contributed by atoms with Gasteiger partial charge in [0.05, 0.1) is 38.3 Å². The van der Waals surface area contributed by atoms with Gasteiger partial charge in [-0.25, -0.2) is 14.2 Å². The lowest BCUT2D eigenvalue weighted by Crippen LogP contribution is -2.21. The van der Waals surface area contributed by atoms with Crippen LogP contribution in [0.3, 0.4) is 0 Å². The summed E-state index contributed by atoms with van der Waals surface area (Å²) in [5.74, 6) is 2.83. The van der Waals surface area contributed by atoms with Crippen molar-refractivity contribution < 1.29 is 14.3 Å². The summed E-state index contributed by atoms with van der Waals surface area (Å²) in [4.78, 5) is 14.6. The van der Waals surface area contributed by atoms with E-state index in [0.717, 1.165) is 55.7 Å². The number of nitrogens with zero attached hydrogens (tertiary/aromatic N) is 12. The van der Waals surface area contributed by atoms with Gasteiger partial charge in [0.2, 0.25) is 0 Å². The zero-order chi connectivity index (χ0) is 40.6. The molecule has 0 amide bonds. The second-order valence-electron chi connectivity index (χ2n) is 14.0. The molecule has 0 unspecified atom stereocenters. The van der Waals surface area contributed by atoms with Gasteiger partial charge in [-0.2, -0.15) is 19.6 Å². The zero-order valence-electron chi connectivity index (χ0n) is 32.4. The second kappa shape index (κ2) is 15.2. The zero-order valence-corrected chi connectivity index (χ0v) is 32.4. The molecule has 0 atom stereocenters. The number of hydrogen-bond donors (Lipinski definition) is 0. The first kappa shape index (κ1) is 36.0. The Labute approximate surface area is 342 Å². The molecule has 0 saturated heterocycles. The normalized spacial score (nSPS) is 11.4. The number of rotatable bonds is 10. The van der Waals surface area contributed by atoms with Gasteiger partial charge >= 0.3 is 6.03 Å². The van der Waals surface area contributed by atoms with Gasteiger partial charge in [0.15, 0.2) is 11.6 Å². The van der Waals surface area contributed by atoms with E-state index in [-0.39, 0.29) is 0 Å². The Morgan fingerprint density at radius 2 is 0.867 bits per heavy atom. The summed E-state index contributed by atoms with van der Waals surface area (Å²) in [6, 6.07) is 46.3. The van der Waals surface area contributed by atoms with Crippen molar-refractivity contribution in [2.75, 3.05) is 14.2 Å². The Morgan fingerprint density at radius 1 is 0.483 bits per heavy atom. The molecule has 6 aromatic carbocycles. The Kier molecular flexibility index (Phi) is 9.13. The van der Waals surface area contributed by atoms with E-state index >= 15 is 0 Å². The maximum absolute atomic E-state index is 14.6. The third-order valence-corrected chi connectivity index (χ3v) is 10.4. The van der Waals surface area contributed by atoms with Crippen molar-refractivity contribution in [3.8, 4) is 56.8 Å². The fraction of sp³-hybridized carbons (Fsp3) is 0.0889. The minimum absolute atomic E-state index is 0.413. The molecule has 292 valence electrons. The SMILES string of the molecule is COc1ccc(Cn2nnnc2-c2ccc(-c3nn(C(=O)n4nc(-c5ccc(-c6nnnn6Cc6ccc(OC)cc6)cc5)c5ccccc54)c4ccccc34)cc2)cc1. The predicted octanol–water partition coefficient (Wildman–Crippen LogP) is 7.66. The molecule has 4 heterocycles. The highest BCUT2D eigenvalue weighted by Crippen LogP contribution is 2.33.